The Kier molecular flexibility index (Phi) is 8.42. The number of fused-ring (bicyclic) bond motifs is 2. The van der Waals surface area contributed by atoms with Crippen molar-refractivity contribution in [3.8, 4) is 5.75 Å². The molecule has 1 aromatic heterocycles. The zero-order valence-electron chi connectivity index (χ0n) is 22.1. The molecule has 10 heteroatoms. The maximum atomic E-state index is 14.2. The number of carbonyl (C=O) groups excluding carboxylic acids is 2. The molecule has 1 aromatic carbocycles. The number of rotatable bonds is 11. The van der Waals surface area contributed by atoms with Gasteiger partial charge in [0.05, 0.1) is 19.4 Å². The predicted molar refractivity (Wildman–Crippen MR) is 143 cm³/mol. The minimum Gasteiger partial charge on any atom is -0.494 e. The number of ether oxygens (including phenoxy) is 1. The summed E-state index contributed by atoms with van der Waals surface area (Å²) in [5.41, 5.74) is -1.26. The number of nitrogens with one attached hydrogen (secondary N) is 2. The summed E-state index contributed by atoms with van der Waals surface area (Å²) in [6.45, 7) is 1.89. The average molecular weight is 544 g/mol. The molecule has 0 radical (unpaired) electrons. The Morgan fingerprint density at radius 1 is 1.18 bits per heavy atom. The number of pyridine rings is 1. The number of sulfone groups is 1. The number of nitrogens with zero attached hydrogens (tertiary/aromatic N) is 1. The van der Waals surface area contributed by atoms with Crippen molar-refractivity contribution in [2.24, 2.45) is 11.8 Å². The second-order valence-corrected chi connectivity index (χ2v) is 12.6. The molecule has 0 saturated heterocycles. The third kappa shape index (κ3) is 5.71. The Morgan fingerprint density at radius 2 is 1.92 bits per heavy atom. The van der Waals surface area contributed by atoms with Crippen LogP contribution < -0.4 is 15.4 Å². The summed E-state index contributed by atoms with van der Waals surface area (Å²) < 4.78 is 30.4. The van der Waals surface area contributed by atoms with Crippen LogP contribution in [0.1, 0.15) is 61.4 Å². The Bertz CT molecular complexity index is 1270. The Hall–Kier alpha value is -2.98. The van der Waals surface area contributed by atoms with Crippen LogP contribution in [0.4, 0.5) is 0 Å². The van der Waals surface area contributed by atoms with Gasteiger partial charge in [-0.2, -0.15) is 0 Å². The summed E-state index contributed by atoms with van der Waals surface area (Å²) in [6, 6.07) is 9.15. The maximum absolute atomic E-state index is 14.2. The van der Waals surface area contributed by atoms with E-state index in [0.717, 1.165) is 43.7 Å². The van der Waals surface area contributed by atoms with Crippen molar-refractivity contribution in [3.63, 3.8) is 0 Å². The molecule has 3 N–H and O–H groups in total. The Balaban J connectivity index is 1.79. The van der Waals surface area contributed by atoms with Crippen molar-refractivity contribution in [2.75, 3.05) is 13.4 Å². The van der Waals surface area contributed by atoms with E-state index < -0.39 is 33.3 Å². The van der Waals surface area contributed by atoms with Crippen molar-refractivity contribution >= 4 is 21.7 Å². The first-order valence-electron chi connectivity index (χ1n) is 13.2. The number of amides is 2. The largest absolute Gasteiger partial charge is 0.494 e. The van der Waals surface area contributed by atoms with E-state index in [9.17, 15) is 23.1 Å². The molecule has 4 rings (SSSR count). The number of methoxy groups -OCH3 is 1. The predicted octanol–water partition coefficient (Wildman–Crippen LogP) is 2.67. The van der Waals surface area contributed by atoms with E-state index in [1.165, 1.54) is 13.3 Å². The van der Waals surface area contributed by atoms with Gasteiger partial charge in [0.2, 0.25) is 5.91 Å². The van der Waals surface area contributed by atoms with E-state index in [4.69, 9.17) is 4.74 Å². The Labute approximate surface area is 224 Å². The van der Waals surface area contributed by atoms with Gasteiger partial charge in [-0.3, -0.25) is 14.6 Å². The number of aliphatic hydroxyl groups excluding tert-OH is 1. The van der Waals surface area contributed by atoms with Gasteiger partial charge in [-0.1, -0.05) is 50.1 Å². The third-order valence-corrected chi connectivity index (χ3v) is 9.08. The molecular formula is C28H37N3O6S. The molecule has 5 atom stereocenters. The van der Waals surface area contributed by atoms with Gasteiger partial charge in [0.15, 0.2) is 15.6 Å². The fourth-order valence-electron chi connectivity index (χ4n) is 6.04. The molecule has 38 heavy (non-hydrogen) atoms. The minimum absolute atomic E-state index is 0.0228. The van der Waals surface area contributed by atoms with Crippen LogP contribution in [-0.4, -0.2) is 61.4 Å². The van der Waals surface area contributed by atoms with Gasteiger partial charge in [0.1, 0.15) is 16.0 Å². The van der Waals surface area contributed by atoms with Crippen LogP contribution in [0.15, 0.2) is 47.6 Å². The van der Waals surface area contributed by atoms with E-state index in [1.54, 1.807) is 0 Å². The van der Waals surface area contributed by atoms with E-state index in [1.807, 2.05) is 37.3 Å². The highest BCUT2D eigenvalue weighted by atomic mass is 32.2. The quantitative estimate of drug-likeness (QED) is 0.397. The molecule has 2 aromatic rings. The molecule has 9 nitrogen and oxygen atoms in total. The number of aliphatic hydroxyl groups is 1. The zero-order chi connectivity index (χ0) is 27.5. The van der Waals surface area contributed by atoms with Crippen LogP contribution in [0.3, 0.4) is 0 Å². The van der Waals surface area contributed by atoms with Crippen molar-refractivity contribution in [1.82, 2.24) is 15.6 Å². The lowest BCUT2D eigenvalue weighted by Crippen LogP contribution is -2.68. The highest BCUT2D eigenvalue weighted by Gasteiger charge is 2.49. The van der Waals surface area contributed by atoms with E-state index in [-0.39, 0.29) is 35.1 Å². The molecule has 206 valence electrons. The minimum atomic E-state index is -3.87. The van der Waals surface area contributed by atoms with Gasteiger partial charge >= 0.3 is 0 Å². The lowest BCUT2D eigenvalue weighted by Gasteiger charge is -2.39. The molecule has 0 aliphatic heterocycles. The first kappa shape index (κ1) is 28.0. The van der Waals surface area contributed by atoms with Gasteiger partial charge in [-0.05, 0) is 43.1 Å². The normalized spacial score (nSPS) is 22.9. The number of carbonyl (C=O) groups is 2. The van der Waals surface area contributed by atoms with Crippen molar-refractivity contribution in [2.45, 2.75) is 74.4 Å². The van der Waals surface area contributed by atoms with E-state index in [0.29, 0.717) is 18.3 Å². The molecule has 0 spiro atoms. The first-order valence-corrected chi connectivity index (χ1v) is 15.1. The molecule has 2 aliphatic carbocycles. The SMILES string of the molecule is CCC[C@H](O)[C@](Cc1ccccc1)(NC(=O)c1c(OC)cncc1S(C)(=O)=O)C(=O)NC1C[C@@H]2CCC1C2. The molecule has 2 unspecified atom stereocenters. The van der Waals surface area contributed by atoms with Gasteiger partial charge < -0.3 is 20.5 Å². The smallest absolute Gasteiger partial charge is 0.257 e. The standard InChI is InChI=1S/C28H37N3O6S/c1-4-8-24(32)28(15-18-9-6-5-7-10-18,27(34)30-21-14-19-11-12-20(21)13-19)31-26(33)25-22(37-2)16-29-17-23(25)38(3,35)36/h5-7,9-10,16-17,19-21,24,32H,4,8,11-15H2,1-3H3,(H,30,34)(H,31,33)/t19-,20?,21?,24+,28+/m1/s1. The summed E-state index contributed by atoms with van der Waals surface area (Å²) in [7, 11) is -2.56. The highest BCUT2D eigenvalue weighted by Crippen LogP contribution is 2.44. The number of hydrogen-bond donors (Lipinski definition) is 3. The van der Waals surface area contributed by atoms with Crippen LogP contribution in [0.2, 0.25) is 0 Å². The van der Waals surface area contributed by atoms with E-state index >= 15 is 0 Å². The molecule has 1 heterocycles. The second kappa shape index (κ2) is 11.4. The summed E-state index contributed by atoms with van der Waals surface area (Å²) in [4.78, 5) is 31.7. The van der Waals surface area contributed by atoms with E-state index in [2.05, 4.69) is 15.6 Å². The number of benzene rings is 1. The Morgan fingerprint density at radius 3 is 2.50 bits per heavy atom. The van der Waals surface area contributed by atoms with Gasteiger partial charge in [-0.15, -0.1) is 0 Å². The molecule has 2 amide bonds. The van der Waals surface area contributed by atoms with Crippen molar-refractivity contribution in [3.05, 3.63) is 53.9 Å². The average Bonchev–Trinajstić information content (AvgIpc) is 3.51. The fourth-order valence-corrected chi connectivity index (χ4v) is 6.85. The fraction of sp³-hybridized carbons (Fsp3) is 0.536. The summed E-state index contributed by atoms with van der Waals surface area (Å²) in [6.07, 6.45) is 7.10. The van der Waals surface area contributed by atoms with Gasteiger partial charge in [0.25, 0.3) is 5.91 Å². The van der Waals surface area contributed by atoms with Gasteiger partial charge in [-0.25, -0.2) is 8.42 Å². The highest BCUT2D eigenvalue weighted by molar-refractivity contribution is 7.90. The van der Waals surface area contributed by atoms with Crippen LogP contribution in [0.25, 0.3) is 0 Å². The summed E-state index contributed by atoms with van der Waals surface area (Å²) in [5, 5.41) is 17.5. The first-order chi connectivity index (χ1) is 18.1. The van der Waals surface area contributed by atoms with Crippen LogP contribution in [0, 0.1) is 11.8 Å². The monoisotopic (exact) mass is 543 g/mol. The zero-order valence-corrected chi connectivity index (χ0v) is 23.0. The molecule has 2 fully saturated rings. The van der Waals surface area contributed by atoms with Crippen LogP contribution >= 0.6 is 0 Å². The summed E-state index contributed by atoms with van der Waals surface area (Å²) >= 11 is 0. The lowest BCUT2D eigenvalue weighted by atomic mass is 9.81. The van der Waals surface area contributed by atoms with Crippen molar-refractivity contribution < 1.29 is 27.9 Å². The third-order valence-electron chi connectivity index (χ3n) is 7.98. The molecule has 2 saturated carbocycles. The maximum Gasteiger partial charge on any atom is 0.257 e. The van der Waals surface area contributed by atoms with Crippen LogP contribution in [0.5, 0.6) is 5.75 Å². The molecule has 2 bridgehead atoms. The number of hydrogen-bond acceptors (Lipinski definition) is 7. The molecular weight excluding hydrogens is 506 g/mol. The summed E-state index contributed by atoms with van der Waals surface area (Å²) in [5.74, 6) is -0.379. The van der Waals surface area contributed by atoms with Gasteiger partial charge in [0, 0.05) is 24.9 Å². The molecule has 2 aliphatic rings. The number of aromatic nitrogens is 1. The topological polar surface area (TPSA) is 135 Å². The lowest BCUT2D eigenvalue weighted by molar-refractivity contribution is -0.133. The van der Waals surface area contributed by atoms with Crippen molar-refractivity contribution in [1.29, 1.82) is 0 Å². The van der Waals surface area contributed by atoms with Crippen LogP contribution in [-0.2, 0) is 21.1 Å². The second-order valence-electron chi connectivity index (χ2n) is 10.6.